The van der Waals surface area contributed by atoms with E-state index in [-0.39, 0.29) is 0 Å². The number of hydrogen-bond donors (Lipinski definition) is 0. The number of rotatable bonds is 1. The van der Waals surface area contributed by atoms with Gasteiger partial charge in [0.1, 0.15) is 11.5 Å². The van der Waals surface area contributed by atoms with Crippen LogP contribution in [0.3, 0.4) is 0 Å². The summed E-state index contributed by atoms with van der Waals surface area (Å²) in [5.41, 5.74) is 3.64. The van der Waals surface area contributed by atoms with Gasteiger partial charge in [0.15, 0.2) is 0 Å². The SMILES string of the molecule is c1ccc2cc3c(cc2c1)Oc1cc2cccc(C4CCCCC4)c2c2ccnc-3c12. The highest BCUT2D eigenvalue weighted by Gasteiger charge is 2.25. The zero-order chi connectivity index (χ0) is 20.4. The van der Waals surface area contributed by atoms with Gasteiger partial charge in [0.05, 0.1) is 11.1 Å². The first-order valence-electron chi connectivity index (χ1n) is 11.4. The molecule has 31 heavy (non-hydrogen) atoms. The number of aromatic nitrogens is 1. The number of fused-ring (bicyclic) bond motifs is 5. The third kappa shape index (κ3) is 2.54. The Labute approximate surface area is 181 Å². The minimum absolute atomic E-state index is 0.656. The van der Waals surface area contributed by atoms with Crippen molar-refractivity contribution in [1.29, 1.82) is 0 Å². The lowest BCUT2D eigenvalue weighted by atomic mass is 9.81. The van der Waals surface area contributed by atoms with Crippen LogP contribution < -0.4 is 4.74 Å². The Balaban J connectivity index is 1.55. The first-order valence-corrected chi connectivity index (χ1v) is 11.4. The number of ether oxygens (including phenoxy) is 1. The summed E-state index contributed by atoms with van der Waals surface area (Å²) >= 11 is 0. The summed E-state index contributed by atoms with van der Waals surface area (Å²) in [5.74, 6) is 2.48. The lowest BCUT2D eigenvalue weighted by Crippen LogP contribution is -2.06. The predicted molar refractivity (Wildman–Crippen MR) is 128 cm³/mol. The largest absolute Gasteiger partial charge is 0.456 e. The first-order chi connectivity index (χ1) is 15.4. The summed E-state index contributed by atoms with van der Waals surface area (Å²) < 4.78 is 6.51. The minimum atomic E-state index is 0.656. The molecule has 1 saturated carbocycles. The van der Waals surface area contributed by atoms with E-state index in [4.69, 9.17) is 9.72 Å². The predicted octanol–water partition coefficient (Wildman–Crippen LogP) is 8.36. The van der Waals surface area contributed by atoms with E-state index in [9.17, 15) is 0 Å². The van der Waals surface area contributed by atoms with E-state index in [1.807, 2.05) is 6.20 Å². The molecule has 0 bridgehead atoms. The fraction of sp³-hybridized carbons (Fsp3) is 0.207. The molecule has 0 unspecified atom stereocenters. The highest BCUT2D eigenvalue weighted by Crippen LogP contribution is 2.50. The normalized spacial score (nSPS) is 15.9. The van der Waals surface area contributed by atoms with Crippen LogP contribution in [0, 0.1) is 0 Å². The standard InChI is InChI=1S/C29H23NO/c1-2-7-18(8-3-1)22-12-6-11-21-17-26-28-23(27(21)22)13-14-30-29(28)24-15-19-9-4-5-10-20(19)16-25(24)31-26/h4-6,9-18H,1-3,7-8H2. The number of hydrogen-bond acceptors (Lipinski definition) is 2. The summed E-state index contributed by atoms with van der Waals surface area (Å²) in [6.07, 6.45) is 8.62. The minimum Gasteiger partial charge on any atom is -0.456 e. The molecule has 2 heteroatoms. The Morgan fingerprint density at radius 1 is 0.710 bits per heavy atom. The summed E-state index contributed by atoms with van der Waals surface area (Å²) in [6.45, 7) is 0. The lowest BCUT2D eigenvalue weighted by Gasteiger charge is -2.26. The van der Waals surface area contributed by atoms with Crippen molar-refractivity contribution in [3.63, 3.8) is 0 Å². The second kappa shape index (κ2) is 6.55. The molecule has 2 heterocycles. The smallest absolute Gasteiger partial charge is 0.138 e. The summed E-state index contributed by atoms with van der Waals surface area (Å²) in [6, 6.07) is 24.1. The van der Waals surface area contributed by atoms with Crippen LogP contribution >= 0.6 is 0 Å². The Morgan fingerprint density at radius 3 is 2.35 bits per heavy atom. The van der Waals surface area contributed by atoms with E-state index in [0.717, 1.165) is 28.1 Å². The molecular weight excluding hydrogens is 378 g/mol. The quantitative estimate of drug-likeness (QED) is 0.258. The van der Waals surface area contributed by atoms with Crippen LogP contribution in [0.15, 0.2) is 72.9 Å². The van der Waals surface area contributed by atoms with Gasteiger partial charge in [-0.15, -0.1) is 0 Å². The van der Waals surface area contributed by atoms with Crippen molar-refractivity contribution < 1.29 is 4.74 Å². The molecule has 0 amide bonds. The van der Waals surface area contributed by atoms with Gasteiger partial charge in [0.25, 0.3) is 0 Å². The molecule has 0 radical (unpaired) electrons. The van der Waals surface area contributed by atoms with Gasteiger partial charge in [-0.2, -0.15) is 0 Å². The Kier molecular flexibility index (Phi) is 3.66. The maximum absolute atomic E-state index is 6.51. The highest BCUT2D eigenvalue weighted by molar-refractivity contribution is 6.17. The number of pyridine rings is 1. The average Bonchev–Trinajstić information content (AvgIpc) is 2.83. The summed E-state index contributed by atoms with van der Waals surface area (Å²) in [7, 11) is 0. The van der Waals surface area contributed by atoms with Gasteiger partial charge >= 0.3 is 0 Å². The van der Waals surface area contributed by atoms with E-state index in [2.05, 4.69) is 66.7 Å². The molecule has 2 nitrogen and oxygen atoms in total. The van der Waals surface area contributed by atoms with E-state index >= 15 is 0 Å². The number of nitrogens with zero attached hydrogens (tertiary/aromatic N) is 1. The van der Waals surface area contributed by atoms with Crippen LogP contribution in [-0.4, -0.2) is 4.98 Å². The molecule has 1 aliphatic heterocycles. The van der Waals surface area contributed by atoms with Gasteiger partial charge in [-0.3, -0.25) is 4.98 Å². The monoisotopic (exact) mass is 401 g/mol. The molecule has 2 aliphatic rings. The molecule has 1 fully saturated rings. The molecule has 0 N–H and O–H groups in total. The molecule has 1 aromatic heterocycles. The molecule has 1 aliphatic carbocycles. The molecule has 4 aromatic carbocycles. The summed E-state index contributed by atoms with van der Waals surface area (Å²) in [4.78, 5) is 4.85. The number of benzene rings is 4. The van der Waals surface area contributed by atoms with Crippen molar-refractivity contribution in [3.8, 4) is 22.8 Å². The topological polar surface area (TPSA) is 22.1 Å². The zero-order valence-corrected chi connectivity index (χ0v) is 17.4. The second-order valence-corrected chi connectivity index (χ2v) is 9.03. The lowest BCUT2D eigenvalue weighted by molar-refractivity contribution is 0.445. The van der Waals surface area contributed by atoms with Crippen LogP contribution in [0.5, 0.6) is 11.5 Å². The van der Waals surface area contributed by atoms with Crippen molar-refractivity contribution in [2.75, 3.05) is 0 Å². The molecule has 0 spiro atoms. The molecule has 0 atom stereocenters. The van der Waals surface area contributed by atoms with Crippen LogP contribution in [0.2, 0.25) is 0 Å². The average molecular weight is 402 g/mol. The van der Waals surface area contributed by atoms with E-state index in [0.29, 0.717) is 5.92 Å². The first kappa shape index (κ1) is 17.3. The molecule has 7 rings (SSSR count). The van der Waals surface area contributed by atoms with E-state index in [1.165, 1.54) is 64.6 Å². The van der Waals surface area contributed by atoms with Crippen LogP contribution in [0.1, 0.15) is 43.6 Å². The van der Waals surface area contributed by atoms with Gasteiger partial charge in [-0.05, 0) is 75.5 Å². The Hall–Kier alpha value is -3.39. The molecule has 150 valence electrons. The van der Waals surface area contributed by atoms with Crippen LogP contribution in [0.4, 0.5) is 0 Å². The van der Waals surface area contributed by atoms with Crippen molar-refractivity contribution in [2.24, 2.45) is 0 Å². The van der Waals surface area contributed by atoms with Gasteiger partial charge < -0.3 is 4.74 Å². The fourth-order valence-electron chi connectivity index (χ4n) is 5.80. The van der Waals surface area contributed by atoms with E-state index in [1.54, 1.807) is 0 Å². The highest BCUT2D eigenvalue weighted by atomic mass is 16.5. The third-order valence-corrected chi connectivity index (χ3v) is 7.25. The van der Waals surface area contributed by atoms with Crippen molar-refractivity contribution in [1.82, 2.24) is 4.98 Å². The van der Waals surface area contributed by atoms with Gasteiger partial charge in [-0.25, -0.2) is 0 Å². The second-order valence-electron chi connectivity index (χ2n) is 9.03. The van der Waals surface area contributed by atoms with E-state index < -0.39 is 0 Å². The van der Waals surface area contributed by atoms with Crippen molar-refractivity contribution in [3.05, 3.63) is 78.5 Å². The third-order valence-electron chi connectivity index (χ3n) is 7.25. The summed E-state index contributed by atoms with van der Waals surface area (Å²) in [5, 5.41) is 7.50. The maximum Gasteiger partial charge on any atom is 0.138 e. The van der Waals surface area contributed by atoms with Gasteiger partial charge in [0.2, 0.25) is 0 Å². The van der Waals surface area contributed by atoms with Gasteiger partial charge in [0, 0.05) is 11.8 Å². The van der Waals surface area contributed by atoms with Crippen LogP contribution in [0.25, 0.3) is 43.6 Å². The Morgan fingerprint density at radius 2 is 1.48 bits per heavy atom. The molecular formula is C29H23NO. The van der Waals surface area contributed by atoms with Crippen molar-refractivity contribution in [2.45, 2.75) is 38.0 Å². The fourth-order valence-corrected chi connectivity index (χ4v) is 5.80. The van der Waals surface area contributed by atoms with Crippen LogP contribution in [-0.2, 0) is 0 Å². The maximum atomic E-state index is 6.51. The molecule has 5 aromatic rings. The zero-order valence-electron chi connectivity index (χ0n) is 17.4. The van der Waals surface area contributed by atoms with Crippen molar-refractivity contribution >= 4 is 32.3 Å². The van der Waals surface area contributed by atoms with Gasteiger partial charge in [-0.1, -0.05) is 61.7 Å². The molecule has 0 saturated heterocycles. The Bertz CT molecular complexity index is 1490.